The first kappa shape index (κ1) is 20.5. The number of nitrogens with zero attached hydrogens (tertiary/aromatic N) is 1. The number of ether oxygens (including phenoxy) is 1. The third-order valence-corrected chi connectivity index (χ3v) is 5.99. The molecule has 3 aromatic carbocycles. The quantitative estimate of drug-likeness (QED) is 0.512. The first-order valence-corrected chi connectivity index (χ1v) is 11.1. The van der Waals surface area contributed by atoms with E-state index in [0.29, 0.717) is 6.04 Å². The molecule has 0 aliphatic carbocycles. The first-order valence-electron chi connectivity index (χ1n) is 11.1. The van der Waals surface area contributed by atoms with E-state index in [1.54, 1.807) is 0 Å². The van der Waals surface area contributed by atoms with Gasteiger partial charge in [-0.3, -0.25) is 4.90 Å². The zero-order chi connectivity index (χ0) is 20.8. The van der Waals surface area contributed by atoms with Gasteiger partial charge in [0.2, 0.25) is 0 Å². The average Bonchev–Trinajstić information content (AvgIpc) is 2.78. The second-order valence-electron chi connectivity index (χ2n) is 8.19. The van der Waals surface area contributed by atoms with Crippen LogP contribution >= 0.6 is 0 Å². The fraction of sp³-hybridized carbons (Fsp3) is 0.333. The van der Waals surface area contributed by atoms with Crippen LogP contribution < -0.4 is 10.5 Å². The van der Waals surface area contributed by atoms with Crippen LogP contribution in [0, 0.1) is 0 Å². The van der Waals surface area contributed by atoms with Crippen LogP contribution in [0.1, 0.15) is 41.6 Å². The van der Waals surface area contributed by atoms with Crippen LogP contribution in [0.4, 0.5) is 5.69 Å². The third-order valence-electron chi connectivity index (χ3n) is 5.99. The molecular weight excluding hydrogens is 368 g/mol. The number of anilines is 1. The van der Waals surface area contributed by atoms with Gasteiger partial charge in [-0.25, -0.2) is 0 Å². The number of rotatable bonds is 8. The topological polar surface area (TPSA) is 38.5 Å². The van der Waals surface area contributed by atoms with Gasteiger partial charge >= 0.3 is 0 Å². The van der Waals surface area contributed by atoms with Crippen molar-refractivity contribution in [1.29, 1.82) is 0 Å². The number of nitrogens with two attached hydrogens (primary N) is 1. The molecule has 30 heavy (non-hydrogen) atoms. The molecule has 1 atom stereocenters. The van der Waals surface area contributed by atoms with Crippen molar-refractivity contribution in [3.63, 3.8) is 0 Å². The first-order chi connectivity index (χ1) is 14.7. The lowest BCUT2D eigenvalue weighted by Gasteiger charge is -2.38. The molecule has 0 radical (unpaired) electrons. The Morgan fingerprint density at radius 1 is 0.967 bits per heavy atom. The zero-order valence-corrected chi connectivity index (χ0v) is 17.9. The maximum Gasteiger partial charge on any atom is 0.119 e. The maximum absolute atomic E-state index is 6.08. The molecule has 0 spiro atoms. The molecule has 3 nitrogen and oxygen atoms in total. The van der Waals surface area contributed by atoms with Crippen molar-refractivity contribution in [2.24, 2.45) is 0 Å². The van der Waals surface area contributed by atoms with Crippen LogP contribution in [-0.2, 0) is 19.3 Å². The standard InChI is InChI=1S/C27H32N2O/c1-2-18-30-25-11-8-22(9-12-25)19-27-26-13-10-24(28)20-23(26)15-17-29(27)16-14-21-6-4-3-5-7-21/h3-13,20,27H,2,14-19,28H2,1H3. The lowest BCUT2D eigenvalue weighted by atomic mass is 9.88. The Morgan fingerprint density at radius 3 is 2.53 bits per heavy atom. The van der Waals surface area contributed by atoms with Gasteiger partial charge in [0.05, 0.1) is 6.61 Å². The summed E-state index contributed by atoms with van der Waals surface area (Å²) in [6, 6.07) is 26.3. The Balaban J connectivity index is 1.53. The van der Waals surface area contributed by atoms with Gasteiger partial charge in [-0.1, -0.05) is 55.5 Å². The molecule has 2 N–H and O–H groups in total. The van der Waals surface area contributed by atoms with Crippen molar-refractivity contribution < 1.29 is 4.74 Å². The Labute approximate surface area is 180 Å². The van der Waals surface area contributed by atoms with Crippen LogP contribution in [0.5, 0.6) is 5.75 Å². The van der Waals surface area contributed by atoms with E-state index in [4.69, 9.17) is 10.5 Å². The minimum Gasteiger partial charge on any atom is -0.494 e. The molecular formula is C27H32N2O. The van der Waals surface area contributed by atoms with Crippen molar-refractivity contribution in [2.75, 3.05) is 25.4 Å². The Hall–Kier alpha value is -2.78. The van der Waals surface area contributed by atoms with Crippen molar-refractivity contribution in [2.45, 2.75) is 38.6 Å². The highest BCUT2D eigenvalue weighted by molar-refractivity contribution is 5.47. The second-order valence-corrected chi connectivity index (χ2v) is 8.19. The van der Waals surface area contributed by atoms with Crippen molar-refractivity contribution in [3.8, 4) is 5.75 Å². The van der Waals surface area contributed by atoms with Crippen molar-refractivity contribution >= 4 is 5.69 Å². The van der Waals surface area contributed by atoms with Gasteiger partial charge in [0.15, 0.2) is 0 Å². The van der Waals surface area contributed by atoms with E-state index in [1.807, 2.05) is 6.07 Å². The largest absolute Gasteiger partial charge is 0.494 e. The highest BCUT2D eigenvalue weighted by atomic mass is 16.5. The SMILES string of the molecule is CCCOc1ccc(CC2c3ccc(N)cc3CCN2CCc2ccccc2)cc1. The van der Waals surface area contributed by atoms with Gasteiger partial charge in [-0.05, 0) is 72.2 Å². The molecule has 0 amide bonds. The molecule has 1 aliphatic heterocycles. The van der Waals surface area contributed by atoms with Crippen LogP contribution in [0.15, 0.2) is 72.8 Å². The zero-order valence-electron chi connectivity index (χ0n) is 17.9. The molecule has 1 aliphatic rings. The second kappa shape index (κ2) is 9.82. The minimum absolute atomic E-state index is 0.375. The van der Waals surface area contributed by atoms with Gasteiger partial charge in [0, 0.05) is 24.8 Å². The van der Waals surface area contributed by atoms with E-state index in [2.05, 4.69) is 78.6 Å². The smallest absolute Gasteiger partial charge is 0.119 e. The van der Waals surface area contributed by atoms with E-state index in [1.165, 1.54) is 22.3 Å². The summed E-state index contributed by atoms with van der Waals surface area (Å²) in [7, 11) is 0. The van der Waals surface area contributed by atoms with Gasteiger partial charge < -0.3 is 10.5 Å². The Bertz CT molecular complexity index is 937. The Kier molecular flexibility index (Phi) is 6.70. The maximum atomic E-state index is 6.08. The molecule has 4 rings (SSSR count). The van der Waals surface area contributed by atoms with Gasteiger partial charge in [-0.2, -0.15) is 0 Å². The molecule has 0 bridgehead atoms. The molecule has 0 fully saturated rings. The summed E-state index contributed by atoms with van der Waals surface area (Å²) in [5.41, 5.74) is 12.5. The fourth-order valence-corrected chi connectivity index (χ4v) is 4.37. The van der Waals surface area contributed by atoms with E-state index in [-0.39, 0.29) is 0 Å². The molecule has 156 valence electrons. The molecule has 0 saturated carbocycles. The molecule has 3 aromatic rings. The summed E-state index contributed by atoms with van der Waals surface area (Å²) in [4.78, 5) is 2.65. The fourth-order valence-electron chi connectivity index (χ4n) is 4.37. The number of nitrogen functional groups attached to an aromatic ring is 1. The highest BCUT2D eigenvalue weighted by Crippen LogP contribution is 2.34. The van der Waals surface area contributed by atoms with Crippen LogP contribution in [-0.4, -0.2) is 24.6 Å². The van der Waals surface area contributed by atoms with Crippen molar-refractivity contribution in [3.05, 3.63) is 95.1 Å². The van der Waals surface area contributed by atoms with Gasteiger partial charge in [0.25, 0.3) is 0 Å². The summed E-state index contributed by atoms with van der Waals surface area (Å²) in [6.07, 6.45) is 4.17. The van der Waals surface area contributed by atoms with E-state index >= 15 is 0 Å². The lowest BCUT2D eigenvalue weighted by Crippen LogP contribution is -2.38. The summed E-state index contributed by atoms with van der Waals surface area (Å²) in [5, 5.41) is 0. The average molecular weight is 401 g/mol. The number of benzene rings is 3. The molecule has 0 saturated heterocycles. The van der Waals surface area contributed by atoms with Crippen LogP contribution in [0.2, 0.25) is 0 Å². The summed E-state index contributed by atoms with van der Waals surface area (Å²) >= 11 is 0. The summed E-state index contributed by atoms with van der Waals surface area (Å²) in [5.74, 6) is 0.957. The van der Waals surface area contributed by atoms with Crippen molar-refractivity contribution in [1.82, 2.24) is 4.90 Å². The van der Waals surface area contributed by atoms with E-state index in [0.717, 1.165) is 56.8 Å². The molecule has 1 unspecified atom stereocenters. The van der Waals surface area contributed by atoms with Crippen LogP contribution in [0.3, 0.4) is 0 Å². The molecule has 0 aromatic heterocycles. The normalized spacial score (nSPS) is 16.2. The third kappa shape index (κ3) is 5.03. The van der Waals surface area contributed by atoms with Gasteiger partial charge in [0.1, 0.15) is 5.75 Å². The predicted octanol–water partition coefficient (Wildman–Crippen LogP) is 5.44. The highest BCUT2D eigenvalue weighted by Gasteiger charge is 2.27. The van der Waals surface area contributed by atoms with E-state index < -0.39 is 0 Å². The lowest BCUT2D eigenvalue weighted by molar-refractivity contribution is 0.186. The van der Waals surface area contributed by atoms with Crippen LogP contribution in [0.25, 0.3) is 0 Å². The number of fused-ring (bicyclic) bond motifs is 1. The van der Waals surface area contributed by atoms with E-state index in [9.17, 15) is 0 Å². The number of hydrogen-bond donors (Lipinski definition) is 1. The summed E-state index contributed by atoms with van der Waals surface area (Å²) < 4.78 is 5.75. The number of hydrogen-bond acceptors (Lipinski definition) is 3. The Morgan fingerprint density at radius 2 is 1.77 bits per heavy atom. The molecule has 3 heteroatoms. The predicted molar refractivity (Wildman–Crippen MR) is 125 cm³/mol. The summed E-state index contributed by atoms with van der Waals surface area (Å²) in [6.45, 7) is 5.04. The van der Waals surface area contributed by atoms with Gasteiger partial charge in [-0.15, -0.1) is 0 Å². The monoisotopic (exact) mass is 400 g/mol. The molecule has 1 heterocycles. The minimum atomic E-state index is 0.375.